The number of alkyl halides is 1. The number of hydrogen-bond acceptors (Lipinski definition) is 4. The summed E-state index contributed by atoms with van der Waals surface area (Å²) in [4.78, 5) is 6.34. The van der Waals surface area contributed by atoms with E-state index in [0.29, 0.717) is 18.7 Å². The fraction of sp³-hybridized carbons (Fsp3) is 0.500. The number of hydrogen-bond donors (Lipinski definition) is 0. The molecule has 0 amide bonds. The van der Waals surface area contributed by atoms with Crippen LogP contribution in [-0.2, 0) is 6.42 Å². The van der Waals surface area contributed by atoms with E-state index in [1.807, 2.05) is 38.4 Å². The number of benzene rings is 1. The summed E-state index contributed by atoms with van der Waals surface area (Å²) in [6.07, 6.45) is 11.6. The van der Waals surface area contributed by atoms with Crippen molar-refractivity contribution in [3.05, 3.63) is 70.9 Å². The third kappa shape index (κ3) is 4.37. The van der Waals surface area contributed by atoms with E-state index in [2.05, 4.69) is 27.2 Å². The highest BCUT2D eigenvalue weighted by molar-refractivity contribution is 6.30. The van der Waals surface area contributed by atoms with Gasteiger partial charge in [-0.2, -0.15) is 4.98 Å². The van der Waals surface area contributed by atoms with Crippen molar-refractivity contribution >= 4 is 11.6 Å². The van der Waals surface area contributed by atoms with Crippen molar-refractivity contribution in [3.63, 3.8) is 0 Å². The third-order valence-electron chi connectivity index (χ3n) is 6.67. The zero-order chi connectivity index (χ0) is 21.2. The molecule has 3 atom stereocenters. The van der Waals surface area contributed by atoms with Crippen LogP contribution in [0.1, 0.15) is 49.5 Å². The molecule has 0 bridgehead atoms. The van der Waals surface area contributed by atoms with Crippen LogP contribution in [0.3, 0.4) is 0 Å². The van der Waals surface area contributed by atoms with Crippen molar-refractivity contribution in [3.8, 4) is 0 Å². The molecule has 30 heavy (non-hydrogen) atoms. The second-order valence-electron chi connectivity index (χ2n) is 9.06. The Morgan fingerprint density at radius 2 is 2.20 bits per heavy atom. The fourth-order valence-electron chi connectivity index (χ4n) is 5.19. The molecule has 0 radical (unpaired) electrons. The van der Waals surface area contributed by atoms with E-state index in [0.717, 1.165) is 42.8 Å². The zero-order valence-corrected chi connectivity index (χ0v) is 18.4. The summed E-state index contributed by atoms with van der Waals surface area (Å²) >= 11 is 6.25. The Bertz CT molecular complexity index is 926. The smallest absolute Gasteiger partial charge is 0.227 e. The molecular weight excluding hydrogens is 401 g/mol. The molecule has 4 rings (SSSR count). The minimum Gasteiger partial charge on any atom is -0.340 e. The molecular formula is C24H29ClFN3O. The Hall–Kier alpha value is -1.98. The molecule has 0 spiro atoms. The molecule has 1 saturated carbocycles. The summed E-state index contributed by atoms with van der Waals surface area (Å²) in [6.45, 7) is 0.814. The van der Waals surface area contributed by atoms with Gasteiger partial charge in [0.1, 0.15) is 5.67 Å². The largest absolute Gasteiger partial charge is 0.340 e. The van der Waals surface area contributed by atoms with E-state index in [1.165, 1.54) is 11.9 Å². The fourth-order valence-corrected chi connectivity index (χ4v) is 5.39. The van der Waals surface area contributed by atoms with Crippen LogP contribution in [0.15, 0.2) is 58.9 Å². The summed E-state index contributed by atoms with van der Waals surface area (Å²) in [5, 5.41) is 4.48. The molecule has 1 aromatic heterocycles. The molecule has 1 aromatic carbocycles. The van der Waals surface area contributed by atoms with Crippen molar-refractivity contribution < 1.29 is 8.91 Å². The van der Waals surface area contributed by atoms with Crippen LogP contribution in [0.5, 0.6) is 0 Å². The van der Waals surface area contributed by atoms with Crippen LogP contribution in [0.2, 0.25) is 5.02 Å². The molecule has 0 saturated heterocycles. The maximum absolute atomic E-state index is 16.7. The first-order chi connectivity index (χ1) is 14.4. The summed E-state index contributed by atoms with van der Waals surface area (Å²) in [5.74, 6) is 0.767. The van der Waals surface area contributed by atoms with E-state index in [9.17, 15) is 0 Å². The normalized spacial score (nSPS) is 29.2. The standard InChI is InChI=1S/C24H29ClFN3O/c1-29(2)16-18-8-11-24(26,12-9-18)23(15-22-27-17-28-30-22)10-4-6-20(14-23)19-5-3-7-21(25)13-19/h3,5,7-9,11,13,17,20H,4,6,10,12,14-16H2,1-2H3. The topological polar surface area (TPSA) is 42.2 Å². The molecule has 2 aliphatic rings. The molecule has 1 heterocycles. The van der Waals surface area contributed by atoms with Gasteiger partial charge in [0.25, 0.3) is 0 Å². The summed E-state index contributed by atoms with van der Waals surface area (Å²) in [5.41, 5.74) is 0.295. The predicted octanol–water partition coefficient (Wildman–Crippen LogP) is 5.77. The van der Waals surface area contributed by atoms with Gasteiger partial charge in [0.2, 0.25) is 5.89 Å². The molecule has 2 aromatic rings. The highest BCUT2D eigenvalue weighted by Crippen LogP contribution is 2.56. The van der Waals surface area contributed by atoms with E-state index in [4.69, 9.17) is 16.1 Å². The van der Waals surface area contributed by atoms with E-state index >= 15 is 4.39 Å². The van der Waals surface area contributed by atoms with Gasteiger partial charge in [0.15, 0.2) is 6.33 Å². The summed E-state index contributed by atoms with van der Waals surface area (Å²) in [7, 11) is 4.06. The van der Waals surface area contributed by atoms with Crippen LogP contribution in [0.4, 0.5) is 4.39 Å². The van der Waals surface area contributed by atoms with Gasteiger partial charge in [-0.05, 0) is 68.6 Å². The lowest BCUT2D eigenvalue weighted by Crippen LogP contribution is -2.48. The second kappa shape index (κ2) is 8.64. The van der Waals surface area contributed by atoms with Crippen molar-refractivity contribution in [1.82, 2.24) is 15.0 Å². The highest BCUT2D eigenvalue weighted by atomic mass is 35.5. The van der Waals surface area contributed by atoms with Crippen molar-refractivity contribution in [1.29, 1.82) is 0 Å². The van der Waals surface area contributed by atoms with Crippen LogP contribution in [-0.4, -0.2) is 41.3 Å². The minimum absolute atomic E-state index is 0.258. The first-order valence-electron chi connectivity index (χ1n) is 10.6. The van der Waals surface area contributed by atoms with E-state index in [1.54, 1.807) is 6.08 Å². The van der Waals surface area contributed by atoms with Gasteiger partial charge in [-0.3, -0.25) is 0 Å². The number of allylic oxidation sites excluding steroid dienone is 2. The monoisotopic (exact) mass is 429 g/mol. The third-order valence-corrected chi connectivity index (χ3v) is 6.90. The first kappa shape index (κ1) is 21.3. The van der Waals surface area contributed by atoms with Gasteiger partial charge < -0.3 is 9.42 Å². The number of rotatable bonds is 6. The van der Waals surface area contributed by atoms with Gasteiger partial charge in [-0.25, -0.2) is 4.39 Å². The lowest BCUT2D eigenvalue weighted by molar-refractivity contribution is -0.0125. The van der Waals surface area contributed by atoms with Gasteiger partial charge in [0.05, 0.1) is 0 Å². The van der Waals surface area contributed by atoms with Crippen LogP contribution in [0, 0.1) is 5.41 Å². The van der Waals surface area contributed by atoms with E-state index < -0.39 is 11.1 Å². The lowest BCUT2D eigenvalue weighted by atomic mass is 9.57. The molecule has 4 nitrogen and oxygen atoms in total. The van der Waals surface area contributed by atoms with Gasteiger partial charge in [-0.15, -0.1) is 0 Å². The highest BCUT2D eigenvalue weighted by Gasteiger charge is 2.53. The quantitative estimate of drug-likeness (QED) is 0.584. The predicted molar refractivity (Wildman–Crippen MR) is 117 cm³/mol. The second-order valence-corrected chi connectivity index (χ2v) is 9.49. The Kier molecular flexibility index (Phi) is 6.12. The average molecular weight is 430 g/mol. The lowest BCUT2D eigenvalue weighted by Gasteiger charge is -2.49. The molecule has 2 aliphatic carbocycles. The maximum Gasteiger partial charge on any atom is 0.227 e. The van der Waals surface area contributed by atoms with Gasteiger partial charge >= 0.3 is 0 Å². The Balaban J connectivity index is 1.66. The molecule has 160 valence electrons. The van der Waals surface area contributed by atoms with Gasteiger partial charge in [-0.1, -0.05) is 47.5 Å². The SMILES string of the molecule is CN(C)CC1=CCC(F)(C2(Cc3ncno3)CCCC(c3cccc(Cl)c3)C2)C=C1. The van der Waals surface area contributed by atoms with Crippen molar-refractivity contribution in [2.24, 2.45) is 5.41 Å². The molecule has 1 fully saturated rings. The van der Waals surface area contributed by atoms with E-state index in [-0.39, 0.29) is 5.92 Å². The molecule has 0 N–H and O–H groups in total. The van der Waals surface area contributed by atoms with Crippen molar-refractivity contribution in [2.75, 3.05) is 20.6 Å². The minimum atomic E-state index is -1.45. The van der Waals surface area contributed by atoms with Crippen LogP contribution in [0.25, 0.3) is 0 Å². The maximum atomic E-state index is 16.7. The van der Waals surface area contributed by atoms with Gasteiger partial charge in [0, 0.05) is 29.8 Å². The number of aromatic nitrogens is 2. The Morgan fingerprint density at radius 1 is 1.33 bits per heavy atom. The molecule has 0 aliphatic heterocycles. The summed E-state index contributed by atoms with van der Waals surface area (Å²) in [6, 6.07) is 7.99. The zero-order valence-electron chi connectivity index (χ0n) is 17.7. The Morgan fingerprint density at radius 3 is 2.87 bits per heavy atom. The number of likely N-dealkylation sites (N-methyl/N-ethyl adjacent to an activating group) is 1. The van der Waals surface area contributed by atoms with Crippen LogP contribution >= 0.6 is 11.6 Å². The number of nitrogens with zero attached hydrogens (tertiary/aromatic N) is 3. The van der Waals surface area contributed by atoms with Crippen LogP contribution < -0.4 is 0 Å². The summed E-state index contributed by atoms with van der Waals surface area (Å²) < 4.78 is 22.1. The Labute approximate surface area is 182 Å². The molecule has 6 heteroatoms. The number of halogens is 2. The molecule has 3 unspecified atom stereocenters. The first-order valence-corrected chi connectivity index (χ1v) is 11.0. The van der Waals surface area contributed by atoms with Crippen molar-refractivity contribution in [2.45, 2.75) is 50.1 Å². The average Bonchev–Trinajstić information content (AvgIpc) is 3.22.